The SMILES string of the molecule is O=C(Oc1ccc2c(=O)c(-c3ccc(Br)cc3)coc2c1)c1ccncc1. The molecule has 0 amide bonds. The van der Waals surface area contributed by atoms with E-state index in [1.807, 2.05) is 24.3 Å². The number of carbonyl (C=O) groups excluding carboxylic acids is 1. The molecule has 0 spiro atoms. The van der Waals surface area contributed by atoms with E-state index < -0.39 is 5.97 Å². The first-order chi connectivity index (χ1) is 13.1. The predicted octanol–water partition coefficient (Wildman–Crippen LogP) is 4.84. The van der Waals surface area contributed by atoms with Gasteiger partial charge in [-0.1, -0.05) is 28.1 Å². The summed E-state index contributed by atoms with van der Waals surface area (Å²) >= 11 is 3.37. The highest BCUT2D eigenvalue weighted by atomic mass is 79.9. The molecule has 0 aliphatic rings. The highest BCUT2D eigenvalue weighted by Gasteiger charge is 2.12. The fraction of sp³-hybridized carbons (Fsp3) is 0. The third kappa shape index (κ3) is 3.52. The molecule has 0 bridgehead atoms. The first-order valence-corrected chi connectivity index (χ1v) is 8.85. The van der Waals surface area contributed by atoms with E-state index in [0.717, 1.165) is 10.0 Å². The molecule has 0 unspecified atom stereocenters. The zero-order valence-corrected chi connectivity index (χ0v) is 15.5. The molecule has 132 valence electrons. The molecule has 2 heterocycles. The van der Waals surface area contributed by atoms with Crippen LogP contribution in [0.15, 0.2) is 86.9 Å². The van der Waals surface area contributed by atoms with E-state index >= 15 is 0 Å². The number of hydrogen-bond donors (Lipinski definition) is 0. The smallest absolute Gasteiger partial charge is 0.343 e. The van der Waals surface area contributed by atoms with E-state index in [4.69, 9.17) is 9.15 Å². The number of pyridine rings is 1. The quantitative estimate of drug-likeness (QED) is 0.349. The zero-order chi connectivity index (χ0) is 18.8. The van der Waals surface area contributed by atoms with Gasteiger partial charge in [0.2, 0.25) is 0 Å². The maximum atomic E-state index is 12.8. The molecular weight excluding hydrogens is 410 g/mol. The van der Waals surface area contributed by atoms with Gasteiger partial charge in [-0.15, -0.1) is 0 Å². The van der Waals surface area contributed by atoms with Gasteiger partial charge in [0.15, 0.2) is 5.43 Å². The lowest BCUT2D eigenvalue weighted by molar-refractivity contribution is 0.0735. The Bertz CT molecular complexity index is 1180. The molecule has 0 saturated heterocycles. The Morgan fingerprint density at radius 3 is 2.48 bits per heavy atom. The number of fused-ring (bicyclic) bond motifs is 1. The van der Waals surface area contributed by atoms with Gasteiger partial charge < -0.3 is 9.15 Å². The molecule has 4 rings (SSSR count). The fourth-order valence-electron chi connectivity index (χ4n) is 2.65. The molecule has 0 saturated carbocycles. The van der Waals surface area contributed by atoms with Crippen molar-refractivity contribution in [1.82, 2.24) is 4.98 Å². The minimum Gasteiger partial charge on any atom is -0.463 e. The van der Waals surface area contributed by atoms with E-state index in [2.05, 4.69) is 20.9 Å². The maximum Gasteiger partial charge on any atom is 0.343 e. The maximum absolute atomic E-state index is 12.8. The number of rotatable bonds is 3. The van der Waals surface area contributed by atoms with Gasteiger partial charge in [0, 0.05) is 22.9 Å². The Kier molecular flexibility index (Phi) is 4.56. The monoisotopic (exact) mass is 421 g/mol. The topological polar surface area (TPSA) is 69.4 Å². The van der Waals surface area contributed by atoms with Crippen LogP contribution in [-0.4, -0.2) is 11.0 Å². The average Bonchev–Trinajstić information content (AvgIpc) is 2.70. The van der Waals surface area contributed by atoms with Crippen LogP contribution in [0.4, 0.5) is 0 Å². The van der Waals surface area contributed by atoms with Crippen molar-refractivity contribution in [1.29, 1.82) is 0 Å². The van der Waals surface area contributed by atoms with Crippen LogP contribution in [0.25, 0.3) is 22.1 Å². The Hall–Kier alpha value is -3.25. The first-order valence-electron chi connectivity index (χ1n) is 8.05. The van der Waals surface area contributed by atoms with E-state index in [-0.39, 0.29) is 5.43 Å². The lowest BCUT2D eigenvalue weighted by atomic mass is 10.1. The molecule has 5 nitrogen and oxygen atoms in total. The summed E-state index contributed by atoms with van der Waals surface area (Å²) in [5.74, 6) is -0.213. The molecule has 0 atom stereocenters. The normalized spacial score (nSPS) is 10.7. The zero-order valence-electron chi connectivity index (χ0n) is 13.9. The first kappa shape index (κ1) is 17.2. The van der Waals surface area contributed by atoms with Crippen molar-refractivity contribution in [2.45, 2.75) is 0 Å². The Morgan fingerprint density at radius 1 is 1.00 bits per heavy atom. The number of ether oxygens (including phenoxy) is 1. The average molecular weight is 422 g/mol. The van der Waals surface area contributed by atoms with E-state index in [1.165, 1.54) is 24.7 Å². The van der Waals surface area contributed by atoms with E-state index in [0.29, 0.717) is 27.8 Å². The minimum atomic E-state index is -0.509. The van der Waals surface area contributed by atoms with Crippen molar-refractivity contribution in [3.8, 4) is 16.9 Å². The highest BCUT2D eigenvalue weighted by Crippen LogP contribution is 2.24. The summed E-state index contributed by atoms with van der Waals surface area (Å²) in [6, 6.07) is 15.2. The van der Waals surface area contributed by atoms with Gasteiger partial charge in [-0.2, -0.15) is 0 Å². The standard InChI is InChI=1S/C21H12BrNO4/c22-15-3-1-13(2-4-15)18-12-26-19-11-16(5-6-17(19)20(18)24)27-21(25)14-7-9-23-10-8-14/h1-12H. The number of esters is 1. The summed E-state index contributed by atoms with van der Waals surface area (Å²) in [5, 5.41) is 0.416. The van der Waals surface area contributed by atoms with Crippen molar-refractivity contribution < 1.29 is 13.9 Å². The molecule has 0 fully saturated rings. The Morgan fingerprint density at radius 2 is 1.74 bits per heavy atom. The summed E-state index contributed by atoms with van der Waals surface area (Å²) in [7, 11) is 0. The molecule has 0 aliphatic carbocycles. The highest BCUT2D eigenvalue weighted by molar-refractivity contribution is 9.10. The van der Waals surface area contributed by atoms with Crippen molar-refractivity contribution in [2.75, 3.05) is 0 Å². The van der Waals surface area contributed by atoms with Crippen LogP contribution in [0.3, 0.4) is 0 Å². The van der Waals surface area contributed by atoms with Crippen LogP contribution < -0.4 is 10.2 Å². The number of aromatic nitrogens is 1. The molecule has 0 radical (unpaired) electrons. The second-order valence-electron chi connectivity index (χ2n) is 5.77. The van der Waals surface area contributed by atoms with Crippen LogP contribution in [0.5, 0.6) is 5.75 Å². The van der Waals surface area contributed by atoms with Gasteiger partial charge in [-0.25, -0.2) is 4.79 Å². The lowest BCUT2D eigenvalue weighted by Crippen LogP contribution is -2.09. The molecule has 6 heteroatoms. The van der Waals surface area contributed by atoms with Crippen molar-refractivity contribution >= 4 is 32.9 Å². The van der Waals surface area contributed by atoms with Crippen LogP contribution in [0.1, 0.15) is 10.4 Å². The number of hydrogen-bond acceptors (Lipinski definition) is 5. The van der Waals surface area contributed by atoms with Crippen molar-refractivity contribution in [2.24, 2.45) is 0 Å². The van der Waals surface area contributed by atoms with E-state index in [1.54, 1.807) is 24.3 Å². The largest absolute Gasteiger partial charge is 0.463 e. The van der Waals surface area contributed by atoms with Crippen molar-refractivity contribution in [3.63, 3.8) is 0 Å². The van der Waals surface area contributed by atoms with E-state index in [9.17, 15) is 9.59 Å². The summed E-state index contributed by atoms with van der Waals surface area (Å²) in [6.07, 6.45) is 4.45. The number of halogens is 1. The third-order valence-corrected chi connectivity index (χ3v) is 4.56. The Balaban J connectivity index is 1.68. The van der Waals surface area contributed by atoms with Crippen LogP contribution in [0, 0.1) is 0 Å². The molecule has 2 aromatic heterocycles. The van der Waals surface area contributed by atoms with Gasteiger partial charge in [0.25, 0.3) is 0 Å². The number of carbonyl (C=O) groups is 1. The molecule has 0 N–H and O–H groups in total. The lowest BCUT2D eigenvalue weighted by Gasteiger charge is -2.06. The minimum absolute atomic E-state index is 0.148. The second-order valence-corrected chi connectivity index (χ2v) is 6.68. The summed E-state index contributed by atoms with van der Waals surface area (Å²) in [5.41, 5.74) is 1.82. The van der Waals surface area contributed by atoms with Gasteiger partial charge >= 0.3 is 5.97 Å². The summed E-state index contributed by atoms with van der Waals surface area (Å²) in [6.45, 7) is 0. The summed E-state index contributed by atoms with van der Waals surface area (Å²) in [4.78, 5) is 28.8. The van der Waals surface area contributed by atoms with Gasteiger partial charge in [0.1, 0.15) is 17.6 Å². The molecule has 27 heavy (non-hydrogen) atoms. The van der Waals surface area contributed by atoms with Crippen LogP contribution in [-0.2, 0) is 0 Å². The summed E-state index contributed by atoms with van der Waals surface area (Å²) < 4.78 is 11.9. The molecular formula is C21H12BrNO4. The van der Waals surface area contributed by atoms with Gasteiger partial charge in [-0.3, -0.25) is 9.78 Å². The molecule has 0 aliphatic heterocycles. The van der Waals surface area contributed by atoms with Gasteiger partial charge in [0.05, 0.1) is 16.5 Å². The Labute approximate surface area is 162 Å². The van der Waals surface area contributed by atoms with Crippen molar-refractivity contribution in [3.05, 3.63) is 93.5 Å². The number of benzene rings is 2. The number of nitrogens with zero attached hydrogens (tertiary/aromatic N) is 1. The predicted molar refractivity (Wildman–Crippen MR) is 105 cm³/mol. The van der Waals surface area contributed by atoms with Gasteiger partial charge in [-0.05, 0) is 42.0 Å². The third-order valence-electron chi connectivity index (χ3n) is 4.03. The second kappa shape index (κ2) is 7.17. The molecule has 2 aromatic carbocycles. The van der Waals surface area contributed by atoms with Crippen LogP contribution in [0.2, 0.25) is 0 Å². The van der Waals surface area contributed by atoms with Crippen LogP contribution >= 0.6 is 15.9 Å². The molecule has 4 aromatic rings. The fourth-order valence-corrected chi connectivity index (χ4v) is 2.92.